The van der Waals surface area contributed by atoms with Crippen molar-refractivity contribution in [2.24, 2.45) is 5.92 Å². The lowest BCUT2D eigenvalue weighted by molar-refractivity contribution is -0.147. The van der Waals surface area contributed by atoms with Crippen LogP contribution >= 0.6 is 0 Å². The van der Waals surface area contributed by atoms with Gasteiger partial charge in [0.15, 0.2) is 0 Å². The van der Waals surface area contributed by atoms with Gasteiger partial charge in [0.05, 0.1) is 12.7 Å². The largest absolute Gasteiger partial charge is 0.480 e. The molecule has 92 valence electrons. The first-order valence-electron chi connectivity index (χ1n) is 6.31. The van der Waals surface area contributed by atoms with Crippen molar-refractivity contribution in [3.8, 4) is 0 Å². The number of morpholine rings is 1. The summed E-state index contributed by atoms with van der Waals surface area (Å²) in [5.74, 6) is -0.0500. The highest BCUT2D eigenvalue weighted by atomic mass is 16.5. The molecule has 16 heavy (non-hydrogen) atoms. The van der Waals surface area contributed by atoms with Crippen LogP contribution in [0.25, 0.3) is 0 Å². The predicted octanol–water partition coefficient (Wildman–Crippen LogP) is 1.40. The van der Waals surface area contributed by atoms with Crippen LogP contribution in [0.5, 0.6) is 0 Å². The van der Waals surface area contributed by atoms with Crippen molar-refractivity contribution in [3.05, 3.63) is 0 Å². The summed E-state index contributed by atoms with van der Waals surface area (Å²) >= 11 is 0. The fourth-order valence-electron chi connectivity index (χ4n) is 2.94. The fraction of sp³-hybridized carbons (Fsp3) is 0.917. The van der Waals surface area contributed by atoms with Crippen molar-refractivity contribution >= 4 is 5.97 Å². The number of nitrogens with one attached hydrogen (secondary N) is 1. The number of rotatable bonds is 3. The molecule has 0 spiro atoms. The molecule has 4 nitrogen and oxygen atoms in total. The third-order valence-corrected chi connectivity index (χ3v) is 3.78. The zero-order valence-corrected chi connectivity index (χ0v) is 9.82. The number of hydrogen-bond donors (Lipinski definition) is 2. The number of carbonyl (C=O) groups is 1. The highest BCUT2D eigenvalue weighted by molar-refractivity contribution is 5.73. The van der Waals surface area contributed by atoms with E-state index in [1.165, 1.54) is 19.3 Å². The predicted molar refractivity (Wildman–Crippen MR) is 60.3 cm³/mol. The van der Waals surface area contributed by atoms with Gasteiger partial charge in [-0.05, 0) is 25.2 Å². The van der Waals surface area contributed by atoms with E-state index in [4.69, 9.17) is 9.84 Å². The number of carboxylic acid groups (broad SMARTS) is 1. The molecule has 1 aliphatic heterocycles. The molecule has 4 heteroatoms. The molecule has 4 unspecified atom stereocenters. The summed E-state index contributed by atoms with van der Waals surface area (Å²) in [5, 5.41) is 12.2. The van der Waals surface area contributed by atoms with Crippen molar-refractivity contribution in [1.82, 2.24) is 5.32 Å². The maximum Gasteiger partial charge on any atom is 0.323 e. The zero-order chi connectivity index (χ0) is 11.5. The van der Waals surface area contributed by atoms with Crippen LogP contribution in [0.2, 0.25) is 0 Å². The topological polar surface area (TPSA) is 58.6 Å². The molecule has 0 aromatic carbocycles. The van der Waals surface area contributed by atoms with Gasteiger partial charge in [0, 0.05) is 6.04 Å². The lowest BCUT2D eigenvalue weighted by Crippen LogP contribution is -2.58. The van der Waals surface area contributed by atoms with Crippen LogP contribution < -0.4 is 5.32 Å². The van der Waals surface area contributed by atoms with E-state index in [1.807, 2.05) is 0 Å². The van der Waals surface area contributed by atoms with Crippen LogP contribution in [-0.4, -0.2) is 35.9 Å². The van der Waals surface area contributed by atoms with Crippen molar-refractivity contribution in [2.45, 2.75) is 57.2 Å². The van der Waals surface area contributed by atoms with Crippen molar-refractivity contribution in [3.63, 3.8) is 0 Å². The summed E-state index contributed by atoms with van der Waals surface area (Å²) in [6.07, 6.45) is 6.09. The summed E-state index contributed by atoms with van der Waals surface area (Å²) in [4.78, 5) is 10.9. The average molecular weight is 227 g/mol. The van der Waals surface area contributed by atoms with Crippen LogP contribution in [-0.2, 0) is 9.53 Å². The van der Waals surface area contributed by atoms with E-state index in [9.17, 15) is 4.79 Å². The van der Waals surface area contributed by atoms with E-state index < -0.39 is 12.0 Å². The summed E-state index contributed by atoms with van der Waals surface area (Å²) in [7, 11) is 0. The second-order valence-electron chi connectivity index (χ2n) is 5.00. The van der Waals surface area contributed by atoms with Gasteiger partial charge in [-0.15, -0.1) is 0 Å². The van der Waals surface area contributed by atoms with Crippen LogP contribution in [0.3, 0.4) is 0 Å². The molecular weight excluding hydrogens is 206 g/mol. The Morgan fingerprint density at radius 1 is 1.50 bits per heavy atom. The minimum Gasteiger partial charge on any atom is -0.480 e. The molecule has 0 aromatic rings. The van der Waals surface area contributed by atoms with Gasteiger partial charge >= 0.3 is 5.97 Å². The fourth-order valence-corrected chi connectivity index (χ4v) is 2.94. The van der Waals surface area contributed by atoms with Crippen molar-refractivity contribution in [2.75, 3.05) is 6.61 Å². The number of fused-ring (bicyclic) bond motifs is 1. The Morgan fingerprint density at radius 2 is 2.31 bits per heavy atom. The molecule has 2 rings (SSSR count). The average Bonchev–Trinajstić information content (AvgIpc) is 2.28. The Labute approximate surface area is 96.4 Å². The Bertz CT molecular complexity index is 257. The second kappa shape index (κ2) is 5.15. The minimum atomic E-state index is -0.795. The first kappa shape index (κ1) is 11.9. The molecule has 2 fully saturated rings. The second-order valence-corrected chi connectivity index (χ2v) is 5.00. The van der Waals surface area contributed by atoms with Crippen molar-refractivity contribution < 1.29 is 14.6 Å². The first-order valence-corrected chi connectivity index (χ1v) is 6.31. The van der Waals surface area contributed by atoms with E-state index in [1.54, 1.807) is 0 Å². The third kappa shape index (κ3) is 2.55. The lowest BCUT2D eigenvalue weighted by Gasteiger charge is -2.41. The van der Waals surface area contributed by atoms with Gasteiger partial charge in [0.2, 0.25) is 0 Å². The monoisotopic (exact) mass is 227 g/mol. The molecule has 4 atom stereocenters. The van der Waals surface area contributed by atoms with E-state index in [2.05, 4.69) is 12.2 Å². The molecule has 0 amide bonds. The maximum absolute atomic E-state index is 10.9. The molecule has 1 saturated carbocycles. The highest BCUT2D eigenvalue weighted by Gasteiger charge is 2.37. The van der Waals surface area contributed by atoms with Gasteiger partial charge in [-0.25, -0.2) is 0 Å². The molecule has 1 aliphatic carbocycles. The van der Waals surface area contributed by atoms with Gasteiger partial charge in [0.25, 0.3) is 0 Å². The maximum atomic E-state index is 10.9. The highest BCUT2D eigenvalue weighted by Crippen LogP contribution is 2.31. The van der Waals surface area contributed by atoms with E-state index >= 15 is 0 Å². The standard InChI is InChI=1S/C12H21NO3/c1-2-3-8-4-5-11-9(6-8)13-10(7-16-11)12(14)15/h8-11,13H,2-7H2,1H3,(H,14,15). The summed E-state index contributed by atoms with van der Waals surface area (Å²) in [6, 6.07) is -0.262. The van der Waals surface area contributed by atoms with E-state index in [0.29, 0.717) is 6.61 Å². The SMILES string of the molecule is CCCC1CCC2OCC(C(=O)O)NC2C1. The van der Waals surface area contributed by atoms with Gasteiger partial charge < -0.3 is 9.84 Å². The lowest BCUT2D eigenvalue weighted by atomic mass is 9.80. The van der Waals surface area contributed by atoms with Gasteiger partial charge in [0.1, 0.15) is 6.04 Å². The van der Waals surface area contributed by atoms with Gasteiger partial charge in [-0.3, -0.25) is 10.1 Å². The van der Waals surface area contributed by atoms with Crippen LogP contribution in [0.15, 0.2) is 0 Å². The Kier molecular flexibility index (Phi) is 3.82. The Balaban J connectivity index is 1.90. The van der Waals surface area contributed by atoms with Crippen molar-refractivity contribution in [1.29, 1.82) is 0 Å². The molecule has 0 radical (unpaired) electrons. The summed E-state index contributed by atoms with van der Waals surface area (Å²) in [6.45, 7) is 2.52. The molecule has 1 heterocycles. The summed E-state index contributed by atoms with van der Waals surface area (Å²) in [5.41, 5.74) is 0. The number of hydrogen-bond acceptors (Lipinski definition) is 3. The molecule has 0 bridgehead atoms. The Morgan fingerprint density at radius 3 is 3.00 bits per heavy atom. The van der Waals surface area contributed by atoms with Crippen LogP contribution in [0, 0.1) is 5.92 Å². The van der Waals surface area contributed by atoms with E-state index in [-0.39, 0.29) is 12.1 Å². The minimum absolute atomic E-state index is 0.240. The smallest absolute Gasteiger partial charge is 0.323 e. The van der Waals surface area contributed by atoms with E-state index in [0.717, 1.165) is 18.8 Å². The number of aliphatic carboxylic acids is 1. The molecule has 2 N–H and O–H groups in total. The van der Waals surface area contributed by atoms with Gasteiger partial charge in [-0.1, -0.05) is 19.8 Å². The molecule has 0 aromatic heterocycles. The first-order chi connectivity index (χ1) is 7.70. The Hall–Kier alpha value is -0.610. The molecular formula is C12H21NO3. The summed E-state index contributed by atoms with van der Waals surface area (Å²) < 4.78 is 5.64. The van der Waals surface area contributed by atoms with Crippen LogP contribution in [0.4, 0.5) is 0 Å². The quantitative estimate of drug-likeness (QED) is 0.765. The number of carboxylic acids is 1. The number of ether oxygens (including phenoxy) is 1. The van der Waals surface area contributed by atoms with Gasteiger partial charge in [-0.2, -0.15) is 0 Å². The zero-order valence-electron chi connectivity index (χ0n) is 9.82. The normalized spacial score (nSPS) is 39.1. The molecule has 1 saturated heterocycles. The van der Waals surface area contributed by atoms with Crippen LogP contribution in [0.1, 0.15) is 39.0 Å². The molecule has 2 aliphatic rings. The third-order valence-electron chi connectivity index (χ3n) is 3.78.